The van der Waals surface area contributed by atoms with Crippen molar-refractivity contribution in [2.24, 2.45) is 0 Å². The molecule has 1 saturated carbocycles. The zero-order chi connectivity index (χ0) is 23.9. The molecule has 0 radical (unpaired) electrons. The molecule has 3 aliphatic rings. The van der Waals surface area contributed by atoms with Crippen LogP contribution in [0.4, 0.5) is 0 Å². The van der Waals surface area contributed by atoms with Crippen molar-refractivity contribution in [1.82, 2.24) is 20.3 Å². The van der Waals surface area contributed by atoms with Gasteiger partial charge in [-0.15, -0.1) is 0 Å². The highest BCUT2D eigenvalue weighted by atomic mass is 35.5. The van der Waals surface area contributed by atoms with E-state index in [-0.39, 0.29) is 24.9 Å². The van der Waals surface area contributed by atoms with Crippen LogP contribution in [0, 0.1) is 0 Å². The van der Waals surface area contributed by atoms with E-state index < -0.39 is 6.10 Å². The zero-order valence-corrected chi connectivity index (χ0v) is 19.8. The Balaban J connectivity index is 1.17. The molecule has 1 aliphatic carbocycles. The van der Waals surface area contributed by atoms with E-state index in [1.165, 1.54) is 5.56 Å². The third kappa shape index (κ3) is 4.38. The normalized spacial score (nSPS) is 30.3. The number of fused-ring (bicyclic) bond motifs is 2. The fourth-order valence-electron chi connectivity index (χ4n) is 5.45. The number of benzene rings is 1. The summed E-state index contributed by atoms with van der Waals surface area (Å²) >= 11 is 6.59. The molecule has 2 saturated heterocycles. The van der Waals surface area contributed by atoms with Crippen LogP contribution in [0.3, 0.4) is 0 Å². The van der Waals surface area contributed by atoms with Gasteiger partial charge in [-0.3, -0.25) is 4.79 Å². The minimum Gasteiger partial charge on any atom is -0.456 e. The molecule has 3 N–H and O–H groups in total. The van der Waals surface area contributed by atoms with Gasteiger partial charge in [0.1, 0.15) is 18.3 Å². The molecule has 0 spiro atoms. The van der Waals surface area contributed by atoms with Gasteiger partial charge in [0.2, 0.25) is 6.41 Å². The van der Waals surface area contributed by atoms with Gasteiger partial charge in [0.05, 0.1) is 29.4 Å². The number of pyridine rings is 1. The third-order valence-corrected chi connectivity index (χ3v) is 7.62. The predicted octanol–water partition coefficient (Wildman–Crippen LogP) is 2.96. The number of nitrogens with zero attached hydrogens (tertiary/aromatic N) is 2. The number of imidazole rings is 1. The maximum absolute atomic E-state index is 10.7. The number of nitrogens with one attached hydrogen (secondary N) is 2. The Hall–Kier alpha value is -2.72. The average molecular weight is 499 g/mol. The molecule has 10 heteroatoms. The molecule has 1 amide bonds. The van der Waals surface area contributed by atoms with Crippen molar-refractivity contribution in [2.45, 2.75) is 62.1 Å². The predicted molar refractivity (Wildman–Crippen MR) is 128 cm³/mol. The summed E-state index contributed by atoms with van der Waals surface area (Å²) in [4.78, 5) is 23.0. The van der Waals surface area contributed by atoms with Gasteiger partial charge in [0.25, 0.3) is 6.01 Å². The Labute approximate surface area is 207 Å². The molecule has 4 heterocycles. The standard InChI is InChI=1S/C25H27ClN4O5/c26-17-9-18-24(30-25(28-18)35-20-11-34-22-19(32)10-33-23(20)22)29-21(17)15-3-1-13(2-4-15)14-5-7-16(8-6-14)27-12-31/h1-4,9,12,14,16,19-20,22-23,32H,5-8,10-11H2,(H,27,31)(H,28,29,30)/t14?,16?,19?,20?,22-,23-/m1/s1. The molecule has 35 heavy (non-hydrogen) atoms. The minimum absolute atomic E-state index is 0.243. The van der Waals surface area contributed by atoms with Gasteiger partial charge in [-0.2, -0.15) is 4.98 Å². The highest BCUT2D eigenvalue weighted by Gasteiger charge is 2.48. The topological polar surface area (TPSA) is 119 Å². The summed E-state index contributed by atoms with van der Waals surface area (Å²) in [5.41, 5.74) is 4.06. The average Bonchev–Trinajstić information content (AvgIpc) is 3.56. The minimum atomic E-state index is -0.631. The highest BCUT2D eigenvalue weighted by Crippen LogP contribution is 2.35. The third-order valence-electron chi connectivity index (χ3n) is 7.34. The number of aliphatic hydroxyl groups excluding tert-OH is 1. The van der Waals surface area contributed by atoms with Crippen molar-refractivity contribution < 1.29 is 24.1 Å². The van der Waals surface area contributed by atoms with Crippen LogP contribution in [0.5, 0.6) is 6.01 Å². The zero-order valence-electron chi connectivity index (χ0n) is 19.0. The number of aromatic nitrogens is 3. The monoisotopic (exact) mass is 498 g/mol. The maximum atomic E-state index is 10.7. The molecule has 184 valence electrons. The number of hydrogen-bond acceptors (Lipinski definition) is 7. The van der Waals surface area contributed by atoms with Gasteiger partial charge >= 0.3 is 0 Å². The van der Waals surface area contributed by atoms with E-state index in [4.69, 9.17) is 30.8 Å². The number of halogens is 1. The van der Waals surface area contributed by atoms with Crippen LogP contribution in [0.25, 0.3) is 22.4 Å². The molecule has 6 rings (SSSR count). The van der Waals surface area contributed by atoms with Gasteiger partial charge in [0, 0.05) is 11.6 Å². The van der Waals surface area contributed by atoms with Crippen molar-refractivity contribution in [2.75, 3.05) is 13.2 Å². The number of H-pyrrole nitrogens is 1. The Bertz CT molecular complexity index is 1210. The first-order chi connectivity index (χ1) is 17.1. The first-order valence-corrected chi connectivity index (χ1v) is 12.4. The molecular formula is C25H27ClN4O5. The Morgan fingerprint density at radius 1 is 1.09 bits per heavy atom. The van der Waals surface area contributed by atoms with Crippen molar-refractivity contribution in [3.8, 4) is 17.3 Å². The summed E-state index contributed by atoms with van der Waals surface area (Å²) in [5, 5.41) is 13.3. The lowest BCUT2D eigenvalue weighted by Crippen LogP contribution is -2.34. The molecule has 3 fully saturated rings. The van der Waals surface area contributed by atoms with E-state index in [0.29, 0.717) is 46.5 Å². The second-order valence-corrected chi connectivity index (χ2v) is 9.91. The highest BCUT2D eigenvalue weighted by molar-refractivity contribution is 6.33. The molecular weight excluding hydrogens is 472 g/mol. The smallest absolute Gasteiger partial charge is 0.296 e. The first-order valence-electron chi connectivity index (χ1n) is 12.0. The summed E-state index contributed by atoms with van der Waals surface area (Å²) in [6.07, 6.45) is 3.25. The summed E-state index contributed by atoms with van der Waals surface area (Å²) in [6.45, 7) is 0.567. The summed E-state index contributed by atoms with van der Waals surface area (Å²) in [7, 11) is 0. The molecule has 2 aliphatic heterocycles. The number of carbonyl (C=O) groups excluding carboxylic acids is 1. The van der Waals surface area contributed by atoms with Crippen LogP contribution in [0.15, 0.2) is 30.3 Å². The van der Waals surface area contributed by atoms with Crippen molar-refractivity contribution in [3.05, 3.63) is 40.9 Å². The fraction of sp³-hybridized carbons (Fsp3) is 0.480. The van der Waals surface area contributed by atoms with Crippen LogP contribution in [0.2, 0.25) is 5.02 Å². The Kier molecular flexibility index (Phi) is 6.09. The Morgan fingerprint density at radius 3 is 2.63 bits per heavy atom. The number of hydrogen-bond donors (Lipinski definition) is 3. The number of aliphatic hydroxyl groups is 1. The van der Waals surface area contributed by atoms with E-state index in [1.807, 2.05) is 12.1 Å². The lowest BCUT2D eigenvalue weighted by Gasteiger charge is -2.28. The van der Waals surface area contributed by atoms with Crippen LogP contribution >= 0.6 is 11.6 Å². The quantitative estimate of drug-likeness (QED) is 0.447. The molecule has 1 aromatic carbocycles. The van der Waals surface area contributed by atoms with E-state index in [9.17, 15) is 9.90 Å². The van der Waals surface area contributed by atoms with Crippen LogP contribution in [-0.4, -0.2) is 70.1 Å². The van der Waals surface area contributed by atoms with E-state index >= 15 is 0 Å². The van der Waals surface area contributed by atoms with Crippen LogP contribution < -0.4 is 10.1 Å². The van der Waals surface area contributed by atoms with Gasteiger partial charge in [-0.1, -0.05) is 35.9 Å². The number of ether oxygens (including phenoxy) is 3. The molecule has 9 nitrogen and oxygen atoms in total. The molecule has 2 unspecified atom stereocenters. The van der Waals surface area contributed by atoms with Gasteiger partial charge in [-0.25, -0.2) is 4.98 Å². The first kappa shape index (κ1) is 22.7. The van der Waals surface area contributed by atoms with Crippen molar-refractivity contribution in [1.29, 1.82) is 0 Å². The SMILES string of the molecule is O=CNC1CCC(c2ccc(-c3nc4nc(OC5CO[C@@H]6C(O)CO[C@H]56)[nH]c4cc3Cl)cc2)CC1. The molecule has 2 aromatic heterocycles. The van der Waals surface area contributed by atoms with Gasteiger partial charge in [-0.05, 0) is 43.2 Å². The largest absolute Gasteiger partial charge is 0.456 e. The number of amides is 1. The second kappa shape index (κ2) is 9.39. The Morgan fingerprint density at radius 2 is 1.86 bits per heavy atom. The van der Waals surface area contributed by atoms with Crippen LogP contribution in [0.1, 0.15) is 37.2 Å². The number of carbonyl (C=O) groups is 1. The van der Waals surface area contributed by atoms with E-state index in [2.05, 4.69) is 27.4 Å². The van der Waals surface area contributed by atoms with E-state index in [0.717, 1.165) is 37.7 Å². The van der Waals surface area contributed by atoms with Crippen molar-refractivity contribution in [3.63, 3.8) is 0 Å². The maximum Gasteiger partial charge on any atom is 0.296 e. The number of rotatable bonds is 6. The second-order valence-electron chi connectivity index (χ2n) is 9.51. The van der Waals surface area contributed by atoms with Gasteiger partial charge < -0.3 is 29.6 Å². The summed E-state index contributed by atoms with van der Waals surface area (Å²) in [6, 6.07) is 10.8. The van der Waals surface area contributed by atoms with E-state index in [1.54, 1.807) is 6.07 Å². The molecule has 4 atom stereocenters. The fourth-order valence-corrected chi connectivity index (χ4v) is 5.71. The molecule has 0 bridgehead atoms. The summed E-state index contributed by atoms with van der Waals surface area (Å²) in [5.74, 6) is 0.495. The van der Waals surface area contributed by atoms with Gasteiger partial charge in [0.15, 0.2) is 11.8 Å². The summed E-state index contributed by atoms with van der Waals surface area (Å²) < 4.78 is 17.2. The van der Waals surface area contributed by atoms with Crippen LogP contribution in [-0.2, 0) is 14.3 Å². The molecule has 3 aromatic rings. The number of aromatic amines is 1. The lowest BCUT2D eigenvalue weighted by molar-refractivity contribution is -0.110. The van der Waals surface area contributed by atoms with Crippen molar-refractivity contribution >= 4 is 29.2 Å². The lowest BCUT2D eigenvalue weighted by atomic mass is 9.81.